The van der Waals surface area contributed by atoms with E-state index in [-0.39, 0.29) is 11.6 Å². The highest BCUT2D eigenvalue weighted by atomic mass is 35.5. The molecule has 2 rings (SSSR count). The van der Waals surface area contributed by atoms with E-state index in [9.17, 15) is 8.60 Å². The number of nitrogens with two attached hydrogens (primary N) is 1. The van der Waals surface area contributed by atoms with Crippen molar-refractivity contribution in [2.75, 3.05) is 5.73 Å². The summed E-state index contributed by atoms with van der Waals surface area (Å²) in [6, 6.07) is 10.9. The molecule has 2 aromatic rings. The van der Waals surface area contributed by atoms with Gasteiger partial charge in [-0.3, -0.25) is 4.21 Å². The SMILES string of the molecule is Nc1cccc(Cl)c1S(=O)Cc1ccc(F)cc1. The zero-order valence-electron chi connectivity index (χ0n) is 9.40. The van der Waals surface area contributed by atoms with Crippen molar-refractivity contribution in [3.63, 3.8) is 0 Å². The van der Waals surface area contributed by atoms with Crippen molar-refractivity contribution in [1.82, 2.24) is 0 Å². The summed E-state index contributed by atoms with van der Waals surface area (Å²) >= 11 is 5.98. The number of nitrogen functional groups attached to an aromatic ring is 1. The van der Waals surface area contributed by atoms with Gasteiger partial charge >= 0.3 is 0 Å². The summed E-state index contributed by atoms with van der Waals surface area (Å²) in [5.74, 6) is -0.0596. The summed E-state index contributed by atoms with van der Waals surface area (Å²) in [7, 11) is -1.34. The zero-order chi connectivity index (χ0) is 13.1. The molecule has 0 radical (unpaired) electrons. The normalized spacial score (nSPS) is 12.3. The molecular weight excluding hydrogens is 273 g/mol. The average molecular weight is 284 g/mol. The topological polar surface area (TPSA) is 43.1 Å². The number of rotatable bonds is 3. The van der Waals surface area contributed by atoms with Crippen LogP contribution in [0.3, 0.4) is 0 Å². The first-order valence-electron chi connectivity index (χ1n) is 5.25. The van der Waals surface area contributed by atoms with Crippen LogP contribution < -0.4 is 5.73 Å². The lowest BCUT2D eigenvalue weighted by molar-refractivity contribution is 0.627. The van der Waals surface area contributed by atoms with Crippen molar-refractivity contribution >= 4 is 28.1 Å². The summed E-state index contributed by atoms with van der Waals surface area (Å²) < 4.78 is 25.0. The van der Waals surface area contributed by atoms with Crippen LogP contribution in [0.25, 0.3) is 0 Å². The molecule has 94 valence electrons. The van der Waals surface area contributed by atoms with E-state index in [4.69, 9.17) is 17.3 Å². The number of anilines is 1. The predicted octanol–water partition coefficient (Wildman–Crippen LogP) is 3.37. The van der Waals surface area contributed by atoms with E-state index in [2.05, 4.69) is 0 Å². The van der Waals surface area contributed by atoms with Crippen molar-refractivity contribution in [3.05, 3.63) is 58.9 Å². The van der Waals surface area contributed by atoms with Crippen LogP contribution in [0.15, 0.2) is 47.4 Å². The van der Waals surface area contributed by atoms with E-state index >= 15 is 0 Å². The maximum absolute atomic E-state index is 12.8. The van der Waals surface area contributed by atoms with Gasteiger partial charge in [-0.1, -0.05) is 29.8 Å². The molecule has 0 bridgehead atoms. The van der Waals surface area contributed by atoms with Crippen LogP contribution in [0.2, 0.25) is 5.02 Å². The Morgan fingerprint density at radius 1 is 1.17 bits per heavy atom. The number of benzene rings is 2. The number of hydrogen-bond donors (Lipinski definition) is 1. The molecule has 0 saturated heterocycles. The van der Waals surface area contributed by atoms with Crippen LogP contribution in [0, 0.1) is 5.82 Å². The molecule has 18 heavy (non-hydrogen) atoms. The molecule has 1 unspecified atom stereocenters. The molecule has 2 nitrogen and oxygen atoms in total. The van der Waals surface area contributed by atoms with Crippen LogP contribution >= 0.6 is 11.6 Å². The highest BCUT2D eigenvalue weighted by Gasteiger charge is 2.12. The van der Waals surface area contributed by atoms with E-state index in [1.165, 1.54) is 12.1 Å². The van der Waals surface area contributed by atoms with Crippen molar-refractivity contribution in [3.8, 4) is 0 Å². The standard InChI is InChI=1S/C13H11ClFNOS/c14-11-2-1-3-12(16)13(11)18(17)8-9-4-6-10(15)7-5-9/h1-7H,8,16H2. The van der Waals surface area contributed by atoms with Gasteiger partial charge in [0.15, 0.2) is 0 Å². The van der Waals surface area contributed by atoms with Gasteiger partial charge in [-0.2, -0.15) is 0 Å². The molecular formula is C13H11ClFNOS. The highest BCUT2D eigenvalue weighted by Crippen LogP contribution is 2.27. The van der Waals surface area contributed by atoms with Gasteiger partial charge in [-0.05, 0) is 29.8 Å². The second-order valence-electron chi connectivity index (χ2n) is 3.77. The largest absolute Gasteiger partial charge is 0.398 e. The molecule has 0 heterocycles. The van der Waals surface area contributed by atoms with E-state index in [1.54, 1.807) is 30.3 Å². The second kappa shape index (κ2) is 5.50. The maximum atomic E-state index is 12.8. The van der Waals surface area contributed by atoms with E-state index in [0.717, 1.165) is 5.56 Å². The third-order valence-corrected chi connectivity index (χ3v) is 4.37. The maximum Gasteiger partial charge on any atom is 0.123 e. The summed E-state index contributed by atoms with van der Waals surface area (Å²) in [6.07, 6.45) is 0. The lowest BCUT2D eigenvalue weighted by atomic mass is 10.2. The molecule has 2 aromatic carbocycles. The van der Waals surface area contributed by atoms with Gasteiger partial charge in [-0.25, -0.2) is 4.39 Å². The smallest absolute Gasteiger partial charge is 0.123 e. The van der Waals surface area contributed by atoms with Crippen LogP contribution in [-0.2, 0) is 16.6 Å². The Labute approximate surface area is 112 Å². The van der Waals surface area contributed by atoms with Crippen molar-refractivity contribution in [2.24, 2.45) is 0 Å². The number of hydrogen-bond acceptors (Lipinski definition) is 2. The van der Waals surface area contributed by atoms with Crippen LogP contribution in [0.5, 0.6) is 0 Å². The quantitative estimate of drug-likeness (QED) is 0.878. The minimum atomic E-state index is -1.34. The van der Waals surface area contributed by atoms with Crippen LogP contribution in [-0.4, -0.2) is 4.21 Å². The molecule has 1 atom stereocenters. The van der Waals surface area contributed by atoms with E-state index < -0.39 is 10.8 Å². The Balaban J connectivity index is 2.25. The lowest BCUT2D eigenvalue weighted by Crippen LogP contribution is -2.01. The molecule has 0 aliphatic heterocycles. The molecule has 0 fully saturated rings. The fourth-order valence-corrected chi connectivity index (χ4v) is 3.27. The molecule has 0 aromatic heterocycles. The Bertz CT molecular complexity index is 566. The summed E-state index contributed by atoms with van der Waals surface area (Å²) in [6.45, 7) is 0. The Hall–Kier alpha value is -1.39. The van der Waals surface area contributed by atoms with Gasteiger partial charge in [-0.15, -0.1) is 0 Å². The van der Waals surface area contributed by atoms with Crippen molar-refractivity contribution < 1.29 is 8.60 Å². The first-order valence-corrected chi connectivity index (χ1v) is 6.94. The van der Waals surface area contributed by atoms with Crippen LogP contribution in [0.1, 0.15) is 5.56 Å². The fourth-order valence-electron chi connectivity index (χ4n) is 1.57. The Morgan fingerprint density at radius 3 is 2.44 bits per heavy atom. The summed E-state index contributed by atoms with van der Waals surface area (Å²) in [5.41, 5.74) is 6.94. The Kier molecular flexibility index (Phi) is 3.99. The van der Waals surface area contributed by atoms with Crippen molar-refractivity contribution in [1.29, 1.82) is 0 Å². The van der Waals surface area contributed by atoms with Gasteiger partial charge in [0, 0.05) is 5.69 Å². The predicted molar refractivity (Wildman–Crippen MR) is 72.4 cm³/mol. The van der Waals surface area contributed by atoms with Crippen LogP contribution in [0.4, 0.5) is 10.1 Å². The third-order valence-electron chi connectivity index (χ3n) is 2.44. The van der Waals surface area contributed by atoms with Gasteiger partial charge in [0.2, 0.25) is 0 Å². The molecule has 0 saturated carbocycles. The van der Waals surface area contributed by atoms with E-state index in [0.29, 0.717) is 15.6 Å². The molecule has 0 aliphatic rings. The van der Waals surface area contributed by atoms with Crippen molar-refractivity contribution in [2.45, 2.75) is 10.6 Å². The lowest BCUT2D eigenvalue weighted by Gasteiger charge is -2.07. The highest BCUT2D eigenvalue weighted by molar-refractivity contribution is 7.84. The molecule has 5 heteroatoms. The molecule has 2 N–H and O–H groups in total. The number of halogens is 2. The minimum Gasteiger partial charge on any atom is -0.398 e. The zero-order valence-corrected chi connectivity index (χ0v) is 11.0. The van der Waals surface area contributed by atoms with Gasteiger partial charge in [0.1, 0.15) is 5.82 Å². The summed E-state index contributed by atoms with van der Waals surface area (Å²) in [5, 5.41) is 0.385. The average Bonchev–Trinajstić information content (AvgIpc) is 2.32. The molecule has 0 aliphatic carbocycles. The fraction of sp³-hybridized carbons (Fsp3) is 0.0769. The molecule has 0 spiro atoms. The summed E-state index contributed by atoms with van der Waals surface area (Å²) in [4.78, 5) is 0.434. The second-order valence-corrected chi connectivity index (χ2v) is 5.57. The van der Waals surface area contributed by atoms with Gasteiger partial charge in [0.25, 0.3) is 0 Å². The monoisotopic (exact) mass is 283 g/mol. The van der Waals surface area contributed by atoms with Gasteiger partial charge < -0.3 is 5.73 Å². The first kappa shape index (κ1) is 13.1. The Morgan fingerprint density at radius 2 is 1.83 bits per heavy atom. The van der Waals surface area contributed by atoms with E-state index in [1.807, 2.05) is 0 Å². The first-order chi connectivity index (χ1) is 8.58. The van der Waals surface area contributed by atoms with Gasteiger partial charge in [0.05, 0.1) is 26.5 Å². The third kappa shape index (κ3) is 2.89. The molecule has 0 amide bonds. The minimum absolute atomic E-state index is 0.258.